The van der Waals surface area contributed by atoms with E-state index in [2.05, 4.69) is 60.3 Å². The normalized spacial score (nSPS) is 16.9. The van der Waals surface area contributed by atoms with Crippen LogP contribution in [0.15, 0.2) is 84.2 Å². The highest BCUT2D eigenvalue weighted by Gasteiger charge is 2.43. The van der Waals surface area contributed by atoms with Crippen molar-refractivity contribution < 1.29 is 14.1 Å². The van der Waals surface area contributed by atoms with Gasteiger partial charge < -0.3 is 30.6 Å². The molecule has 5 N–H and O–H groups in total. The fourth-order valence-corrected chi connectivity index (χ4v) is 8.07. The molecule has 1 amide bonds. The highest BCUT2D eigenvalue weighted by Crippen LogP contribution is 2.35. The van der Waals surface area contributed by atoms with E-state index >= 15 is 0 Å². The summed E-state index contributed by atoms with van der Waals surface area (Å²) < 4.78 is 5.41. The van der Waals surface area contributed by atoms with Crippen LogP contribution in [0.5, 0.6) is 0 Å². The lowest BCUT2D eigenvalue weighted by Crippen LogP contribution is -2.47. The molecule has 2 bridgehead atoms. The fraction of sp³-hybridized carbons (Fsp3) is 0.370. The maximum atomic E-state index is 12.4. The molecule has 2 fully saturated rings. The van der Waals surface area contributed by atoms with Gasteiger partial charge >= 0.3 is 0 Å². The third-order valence-corrected chi connectivity index (χ3v) is 11.6. The zero-order valence-corrected chi connectivity index (χ0v) is 34.6. The number of aldehydes is 1. The molecular weight excluding hydrogens is 741 g/mol. The maximum absolute atomic E-state index is 12.4. The van der Waals surface area contributed by atoms with E-state index in [-0.39, 0.29) is 23.0 Å². The highest BCUT2D eigenvalue weighted by atomic mass is 16.5. The number of hydrogen-bond donors (Lipinski definition) is 4. The van der Waals surface area contributed by atoms with E-state index < -0.39 is 0 Å². The lowest BCUT2D eigenvalue weighted by molar-refractivity contribution is -0.122. The number of carbonyl (C=O) groups is 2. The van der Waals surface area contributed by atoms with Gasteiger partial charge in [-0.05, 0) is 72.7 Å². The smallest absolute Gasteiger partial charge is 0.232 e. The van der Waals surface area contributed by atoms with Crippen molar-refractivity contribution in [3.63, 3.8) is 0 Å². The molecular formula is C46H54N10O3. The number of nitrogens with one attached hydrogen (secondary N) is 3. The van der Waals surface area contributed by atoms with Crippen molar-refractivity contribution in [1.82, 2.24) is 35.6 Å². The lowest BCUT2D eigenvalue weighted by Gasteiger charge is -2.35. The summed E-state index contributed by atoms with van der Waals surface area (Å²) in [4.78, 5) is 42.2. The number of benzene rings is 2. The van der Waals surface area contributed by atoms with Gasteiger partial charge in [-0.2, -0.15) is 4.98 Å². The topological polar surface area (TPSA) is 179 Å². The van der Waals surface area contributed by atoms with Crippen LogP contribution in [0, 0.1) is 12.3 Å². The zero-order valence-electron chi connectivity index (χ0n) is 34.6. The van der Waals surface area contributed by atoms with E-state index in [1.165, 1.54) is 5.56 Å². The number of piperazine rings is 1. The Kier molecular flexibility index (Phi) is 12.0. The van der Waals surface area contributed by atoms with Gasteiger partial charge in [0.25, 0.3) is 0 Å². The third kappa shape index (κ3) is 9.10. The van der Waals surface area contributed by atoms with Crippen LogP contribution in [-0.4, -0.2) is 81.7 Å². The molecule has 5 aromatic rings. The van der Waals surface area contributed by atoms with E-state index in [1.807, 2.05) is 76.4 Å². The van der Waals surface area contributed by atoms with Crippen LogP contribution in [0.2, 0.25) is 0 Å². The average Bonchev–Trinajstić information content (AvgIpc) is 4.01. The molecule has 2 aromatic carbocycles. The first-order valence-corrected chi connectivity index (χ1v) is 20.3. The minimum Gasteiger partial charge on any atom is -0.383 e. The number of fused-ring (bicyclic) bond motifs is 2. The summed E-state index contributed by atoms with van der Waals surface area (Å²) in [7, 11) is 1.63. The number of likely N-dealkylation sites (N-methyl/N-ethyl adjacent to an activating group) is 1. The van der Waals surface area contributed by atoms with Crippen molar-refractivity contribution >= 4 is 35.1 Å². The van der Waals surface area contributed by atoms with E-state index in [4.69, 9.17) is 20.7 Å². The Morgan fingerprint density at radius 2 is 1.86 bits per heavy atom. The predicted octanol–water partition coefficient (Wildman–Crippen LogP) is 6.21. The molecule has 7 rings (SSSR count). The first-order valence-electron chi connectivity index (χ1n) is 20.3. The van der Waals surface area contributed by atoms with Crippen LogP contribution in [0.1, 0.15) is 91.0 Å². The number of amides is 1. The molecule has 5 heterocycles. The number of aryl methyl sites for hydroxylation is 1. The second kappa shape index (κ2) is 17.3. The van der Waals surface area contributed by atoms with Gasteiger partial charge in [0, 0.05) is 80.0 Å². The van der Waals surface area contributed by atoms with Gasteiger partial charge in [0.15, 0.2) is 0 Å². The molecule has 3 atom stereocenters. The van der Waals surface area contributed by atoms with Gasteiger partial charge in [0.05, 0.1) is 34.9 Å². The van der Waals surface area contributed by atoms with Gasteiger partial charge in [-0.3, -0.25) is 20.1 Å². The quantitative estimate of drug-likeness (QED) is 0.0660. The molecule has 13 nitrogen and oxygen atoms in total. The number of nitrogens with zero attached hydrogens (tertiary/aromatic N) is 6. The van der Waals surface area contributed by atoms with Gasteiger partial charge in [-0.15, -0.1) is 0 Å². The van der Waals surface area contributed by atoms with Crippen molar-refractivity contribution in [1.29, 1.82) is 5.41 Å². The lowest BCUT2D eigenvalue weighted by atomic mass is 9.92. The SMILES string of the molecule is C=C(NCc1ccc(C(=N)c2cc(-c3ccc(N4CC5CC4CN5CCc4ccc(C(CCC=O)C(=O)NC)cc4)cn3)cnc2N)cc1C)c1noc(C(C)(C)C)n1. The van der Waals surface area contributed by atoms with Crippen LogP contribution in [0.4, 0.5) is 11.5 Å². The Bertz CT molecular complexity index is 2330. The third-order valence-electron chi connectivity index (χ3n) is 11.6. The largest absolute Gasteiger partial charge is 0.383 e. The molecule has 2 aliphatic rings. The Balaban J connectivity index is 0.934. The molecule has 0 spiro atoms. The van der Waals surface area contributed by atoms with Gasteiger partial charge in [-0.1, -0.05) is 68.9 Å². The number of rotatable bonds is 16. The van der Waals surface area contributed by atoms with Crippen molar-refractivity contribution in [2.24, 2.45) is 0 Å². The van der Waals surface area contributed by atoms with E-state index in [0.29, 0.717) is 60.3 Å². The van der Waals surface area contributed by atoms with Crippen LogP contribution in [0.25, 0.3) is 17.0 Å². The molecule has 0 radical (unpaired) electrons. The summed E-state index contributed by atoms with van der Waals surface area (Å²) in [5, 5.41) is 19.2. The highest BCUT2D eigenvalue weighted by molar-refractivity contribution is 6.14. The van der Waals surface area contributed by atoms with Crippen molar-refractivity contribution in [2.75, 3.05) is 37.3 Å². The Labute approximate surface area is 346 Å². The molecule has 306 valence electrons. The predicted molar refractivity (Wildman–Crippen MR) is 231 cm³/mol. The van der Waals surface area contributed by atoms with Crippen LogP contribution >= 0.6 is 0 Å². The summed E-state index contributed by atoms with van der Waals surface area (Å²) in [6, 6.07) is 21.2. The second-order valence-electron chi connectivity index (χ2n) is 16.7. The fourth-order valence-electron chi connectivity index (χ4n) is 8.07. The Hall–Kier alpha value is -6.21. The molecule has 0 aliphatic carbocycles. The summed E-state index contributed by atoms with van der Waals surface area (Å²) in [6.45, 7) is 15.6. The summed E-state index contributed by atoms with van der Waals surface area (Å²) in [5.41, 5.74) is 15.2. The number of aromatic nitrogens is 4. The molecule has 3 aromatic heterocycles. The van der Waals surface area contributed by atoms with Crippen LogP contribution in [-0.2, 0) is 28.0 Å². The van der Waals surface area contributed by atoms with Crippen LogP contribution in [0.3, 0.4) is 0 Å². The number of pyridine rings is 2. The number of hydrogen-bond acceptors (Lipinski definition) is 12. The molecule has 0 saturated carbocycles. The number of anilines is 2. The molecule has 59 heavy (non-hydrogen) atoms. The molecule has 3 unspecified atom stereocenters. The first kappa shape index (κ1) is 41.0. The second-order valence-corrected chi connectivity index (χ2v) is 16.7. The number of nitrogen functional groups attached to an aromatic ring is 1. The van der Waals surface area contributed by atoms with E-state index in [1.54, 1.807) is 13.2 Å². The van der Waals surface area contributed by atoms with Crippen molar-refractivity contribution in [3.05, 3.63) is 125 Å². The van der Waals surface area contributed by atoms with E-state index in [9.17, 15) is 9.59 Å². The molecule has 2 aliphatic heterocycles. The maximum Gasteiger partial charge on any atom is 0.232 e. The first-order chi connectivity index (χ1) is 28.3. The number of carbonyl (C=O) groups excluding carboxylic acids is 2. The standard InChI is InChI=1S/C46H54N10O3/c1-28-20-32(13-14-33(28)23-50-29(2)43-53-45(59-54-43)46(3,4)5)41(47)39-21-34(24-52-42(39)48)40-16-15-35(25-51-40)56-27-36-22-37(56)26-55(36)18-17-30-9-11-31(12-10-30)38(8-7-19-57)44(58)49-6/h9-16,19-21,24-25,36-38,47,50H,2,7-8,17-18,22-23,26-27H2,1,3-6H3,(H2,48,52)(H,49,58). The van der Waals surface area contributed by atoms with Gasteiger partial charge in [0.2, 0.25) is 17.6 Å². The molecule has 2 saturated heterocycles. The Morgan fingerprint density at radius 3 is 2.51 bits per heavy atom. The average molecular weight is 795 g/mol. The van der Waals surface area contributed by atoms with Crippen LogP contribution < -0.4 is 21.3 Å². The van der Waals surface area contributed by atoms with Crippen molar-refractivity contribution in [2.45, 2.75) is 83.3 Å². The summed E-state index contributed by atoms with van der Waals surface area (Å²) in [5.74, 6) is 0.909. The number of nitrogens with two attached hydrogens (primary N) is 1. The molecule has 13 heteroatoms. The Morgan fingerprint density at radius 1 is 1.07 bits per heavy atom. The minimum absolute atomic E-state index is 0.0599. The van der Waals surface area contributed by atoms with Gasteiger partial charge in [-0.25, -0.2) is 4.98 Å². The minimum atomic E-state index is -0.313. The zero-order chi connectivity index (χ0) is 41.8. The van der Waals surface area contributed by atoms with Crippen molar-refractivity contribution in [3.8, 4) is 11.3 Å². The summed E-state index contributed by atoms with van der Waals surface area (Å²) in [6.07, 6.45) is 7.47. The number of likely N-dealkylation sites (tertiary alicyclic amines) is 1. The monoisotopic (exact) mass is 794 g/mol. The summed E-state index contributed by atoms with van der Waals surface area (Å²) >= 11 is 0. The van der Waals surface area contributed by atoms with Gasteiger partial charge in [0.1, 0.15) is 12.1 Å². The van der Waals surface area contributed by atoms with E-state index in [0.717, 1.165) is 78.0 Å².